The van der Waals surface area contributed by atoms with Crippen LogP contribution in [0.2, 0.25) is 5.02 Å². The first-order valence-electron chi connectivity index (χ1n) is 11.9. The molecule has 3 fully saturated rings. The lowest BCUT2D eigenvalue weighted by Gasteiger charge is -2.38. The van der Waals surface area contributed by atoms with E-state index in [9.17, 15) is 0 Å². The van der Waals surface area contributed by atoms with Gasteiger partial charge in [-0.2, -0.15) is 0 Å². The number of likely N-dealkylation sites (tertiary alicyclic amines) is 1. The lowest BCUT2D eigenvalue weighted by Crippen LogP contribution is -2.43. The van der Waals surface area contributed by atoms with E-state index in [1.54, 1.807) is 0 Å². The first-order chi connectivity index (χ1) is 14.7. The van der Waals surface area contributed by atoms with Crippen molar-refractivity contribution in [2.45, 2.75) is 70.1 Å². The first-order valence-corrected chi connectivity index (χ1v) is 12.3. The molecule has 5 nitrogen and oxygen atoms in total. The lowest BCUT2D eigenvalue weighted by atomic mass is 9.94. The third kappa shape index (κ3) is 4.90. The molecule has 30 heavy (non-hydrogen) atoms. The number of nitrogens with zero attached hydrogens (tertiary/aromatic N) is 2. The van der Waals surface area contributed by atoms with Crippen molar-refractivity contribution in [3.8, 4) is 11.5 Å². The van der Waals surface area contributed by atoms with Crippen LogP contribution >= 0.6 is 11.6 Å². The normalized spacial score (nSPS) is 25.6. The molecule has 0 unspecified atom stereocenters. The van der Waals surface area contributed by atoms with Crippen molar-refractivity contribution in [2.75, 3.05) is 39.6 Å². The van der Waals surface area contributed by atoms with E-state index in [4.69, 9.17) is 25.8 Å². The van der Waals surface area contributed by atoms with Gasteiger partial charge in [-0.3, -0.25) is 4.90 Å². The molecule has 6 heteroatoms. The van der Waals surface area contributed by atoms with Crippen LogP contribution in [0.3, 0.4) is 0 Å². The van der Waals surface area contributed by atoms with E-state index in [2.05, 4.69) is 15.9 Å². The molecule has 4 aliphatic rings. The third-order valence-electron chi connectivity index (χ3n) is 7.43. The highest BCUT2D eigenvalue weighted by Gasteiger charge is 2.29. The van der Waals surface area contributed by atoms with Crippen molar-refractivity contribution in [2.24, 2.45) is 5.92 Å². The fourth-order valence-corrected chi connectivity index (χ4v) is 5.95. The second-order valence-corrected chi connectivity index (χ2v) is 9.95. The molecule has 1 aromatic rings. The van der Waals surface area contributed by atoms with Crippen LogP contribution in [0, 0.1) is 5.92 Å². The number of halogens is 1. The number of benzene rings is 1. The Kier molecular flexibility index (Phi) is 6.71. The van der Waals surface area contributed by atoms with Gasteiger partial charge in [0, 0.05) is 43.4 Å². The molecule has 0 radical (unpaired) electrons. The van der Waals surface area contributed by atoms with Gasteiger partial charge in [0.25, 0.3) is 0 Å². The Morgan fingerprint density at radius 1 is 0.933 bits per heavy atom. The molecular weight excluding hydrogens is 400 g/mol. The summed E-state index contributed by atoms with van der Waals surface area (Å²) in [6.45, 7) is 6.70. The van der Waals surface area contributed by atoms with Crippen LogP contribution in [0.5, 0.6) is 11.5 Å². The van der Waals surface area contributed by atoms with Gasteiger partial charge in [-0.1, -0.05) is 24.4 Å². The van der Waals surface area contributed by atoms with E-state index in [0.29, 0.717) is 6.10 Å². The van der Waals surface area contributed by atoms with Crippen molar-refractivity contribution < 1.29 is 14.2 Å². The summed E-state index contributed by atoms with van der Waals surface area (Å²) >= 11 is 6.60. The molecule has 0 spiro atoms. The highest BCUT2D eigenvalue weighted by atomic mass is 35.5. The number of hydrogen-bond donors (Lipinski definition) is 0. The highest BCUT2D eigenvalue weighted by molar-refractivity contribution is 6.31. The van der Waals surface area contributed by atoms with Gasteiger partial charge in [0.1, 0.15) is 0 Å². The van der Waals surface area contributed by atoms with E-state index in [1.807, 2.05) is 6.07 Å². The van der Waals surface area contributed by atoms with E-state index >= 15 is 0 Å². The minimum Gasteiger partial charge on any atom is -0.454 e. The quantitative estimate of drug-likeness (QED) is 0.621. The maximum Gasteiger partial charge on any atom is 0.231 e. The van der Waals surface area contributed by atoms with Gasteiger partial charge >= 0.3 is 0 Å². The smallest absolute Gasteiger partial charge is 0.231 e. The van der Waals surface area contributed by atoms with Crippen LogP contribution in [0.25, 0.3) is 0 Å². The summed E-state index contributed by atoms with van der Waals surface area (Å²) in [6, 6.07) is 4.83. The van der Waals surface area contributed by atoms with Crippen LogP contribution in [-0.2, 0) is 11.3 Å². The van der Waals surface area contributed by atoms with Crippen molar-refractivity contribution in [1.82, 2.24) is 9.80 Å². The number of rotatable bonds is 7. The summed E-state index contributed by atoms with van der Waals surface area (Å²) in [5.41, 5.74) is 1.13. The van der Waals surface area contributed by atoms with Crippen LogP contribution in [-0.4, -0.2) is 61.5 Å². The van der Waals surface area contributed by atoms with Gasteiger partial charge in [-0.15, -0.1) is 0 Å². The Morgan fingerprint density at radius 2 is 1.70 bits per heavy atom. The predicted molar refractivity (Wildman–Crippen MR) is 118 cm³/mol. The Bertz CT molecular complexity index is 711. The Labute approximate surface area is 185 Å². The Hall–Kier alpha value is -1.01. The number of hydrogen-bond acceptors (Lipinski definition) is 5. The number of ether oxygens (including phenoxy) is 3. The van der Waals surface area contributed by atoms with Crippen LogP contribution in [0.4, 0.5) is 0 Å². The average Bonchev–Trinajstić information content (AvgIpc) is 3.52. The third-order valence-corrected chi connectivity index (χ3v) is 7.78. The van der Waals surface area contributed by atoms with Crippen molar-refractivity contribution in [3.05, 3.63) is 22.7 Å². The van der Waals surface area contributed by atoms with Crippen molar-refractivity contribution in [1.29, 1.82) is 0 Å². The summed E-state index contributed by atoms with van der Waals surface area (Å²) in [6.07, 6.45) is 11.0. The topological polar surface area (TPSA) is 34.2 Å². The molecule has 1 saturated carbocycles. The summed E-state index contributed by atoms with van der Waals surface area (Å²) in [5.74, 6) is 2.34. The molecule has 1 aliphatic carbocycles. The van der Waals surface area contributed by atoms with E-state index in [1.165, 1.54) is 64.5 Å². The molecule has 3 aliphatic heterocycles. The van der Waals surface area contributed by atoms with Crippen molar-refractivity contribution >= 4 is 11.6 Å². The minimum absolute atomic E-state index is 0.286. The SMILES string of the molecule is Clc1cc2c(cc1CN(CC1CCN(C3CCCC3)CC1)C[C@@H]1CCCO1)OCO2. The Morgan fingerprint density at radius 3 is 2.43 bits per heavy atom. The molecule has 3 heterocycles. The standard InChI is InChI=1S/C24H35ClN2O3/c25-22-13-24-23(29-17-30-24)12-19(22)15-26(16-21-6-3-11-28-21)14-18-7-9-27(10-8-18)20-4-1-2-5-20/h12-13,18,20-21H,1-11,14-17H2/t21-/m0/s1. The van der Waals surface area contributed by atoms with Crippen LogP contribution < -0.4 is 9.47 Å². The van der Waals surface area contributed by atoms with E-state index in [-0.39, 0.29) is 6.79 Å². The van der Waals surface area contributed by atoms with Gasteiger partial charge in [0.05, 0.1) is 6.10 Å². The molecule has 0 N–H and O–H groups in total. The summed E-state index contributed by atoms with van der Waals surface area (Å²) in [7, 11) is 0. The van der Waals surface area contributed by atoms with Gasteiger partial charge in [0.15, 0.2) is 11.5 Å². The fraction of sp³-hybridized carbons (Fsp3) is 0.750. The van der Waals surface area contributed by atoms with Crippen molar-refractivity contribution in [3.63, 3.8) is 0 Å². The van der Waals surface area contributed by atoms with Gasteiger partial charge in [-0.05, 0) is 69.2 Å². The first kappa shape index (κ1) is 20.9. The molecule has 5 rings (SSSR count). The van der Waals surface area contributed by atoms with Crippen LogP contribution in [0.15, 0.2) is 12.1 Å². The highest BCUT2D eigenvalue weighted by Crippen LogP contribution is 2.37. The van der Waals surface area contributed by atoms with E-state index < -0.39 is 0 Å². The zero-order valence-electron chi connectivity index (χ0n) is 18.0. The lowest BCUT2D eigenvalue weighted by molar-refractivity contribution is 0.0540. The Balaban J connectivity index is 1.22. The molecule has 0 aromatic heterocycles. The molecule has 0 amide bonds. The van der Waals surface area contributed by atoms with Gasteiger partial charge < -0.3 is 19.1 Å². The summed E-state index contributed by atoms with van der Waals surface area (Å²) in [5, 5.41) is 0.771. The zero-order chi connectivity index (χ0) is 20.3. The zero-order valence-corrected chi connectivity index (χ0v) is 18.7. The van der Waals surface area contributed by atoms with E-state index in [0.717, 1.165) is 60.3 Å². The second-order valence-electron chi connectivity index (χ2n) is 9.54. The minimum atomic E-state index is 0.286. The molecule has 1 aromatic carbocycles. The second kappa shape index (κ2) is 9.64. The van der Waals surface area contributed by atoms with Gasteiger partial charge in [-0.25, -0.2) is 0 Å². The summed E-state index contributed by atoms with van der Waals surface area (Å²) < 4.78 is 17.0. The van der Waals surface area contributed by atoms with Gasteiger partial charge in [0.2, 0.25) is 6.79 Å². The largest absolute Gasteiger partial charge is 0.454 e. The number of fused-ring (bicyclic) bond motifs is 1. The molecule has 1 atom stereocenters. The average molecular weight is 435 g/mol. The molecule has 0 bridgehead atoms. The molecular formula is C24H35ClN2O3. The summed E-state index contributed by atoms with van der Waals surface area (Å²) in [4.78, 5) is 5.35. The molecule has 2 saturated heterocycles. The molecule has 166 valence electrons. The monoisotopic (exact) mass is 434 g/mol. The maximum atomic E-state index is 6.60. The predicted octanol–water partition coefficient (Wildman–Crippen LogP) is 4.70. The number of piperidine rings is 1. The maximum absolute atomic E-state index is 6.60. The fourth-order valence-electron chi connectivity index (χ4n) is 5.74. The van der Waals surface area contributed by atoms with Crippen LogP contribution in [0.1, 0.15) is 56.9 Å².